The summed E-state index contributed by atoms with van der Waals surface area (Å²) in [5.41, 5.74) is 1.32. The predicted octanol–water partition coefficient (Wildman–Crippen LogP) is 1.42. The number of benzene rings is 1. The van der Waals surface area contributed by atoms with Gasteiger partial charge in [-0.1, -0.05) is 12.1 Å². The topological polar surface area (TPSA) is 77.8 Å². The molecule has 0 bridgehead atoms. The molecule has 1 heterocycles. The first kappa shape index (κ1) is 14.0. The van der Waals surface area contributed by atoms with Gasteiger partial charge < -0.3 is 15.1 Å². The van der Waals surface area contributed by atoms with Gasteiger partial charge in [0.25, 0.3) is 5.91 Å². The van der Waals surface area contributed by atoms with Gasteiger partial charge in [0.2, 0.25) is 0 Å². The molecule has 1 amide bonds. The smallest absolute Gasteiger partial charge is 0.326 e. The highest BCUT2D eigenvalue weighted by molar-refractivity contribution is 9.10. The lowest BCUT2D eigenvalue weighted by atomic mass is 10.1. The number of carboxylic acid groups (broad SMARTS) is 1. The second-order valence-electron chi connectivity index (χ2n) is 4.64. The number of rotatable bonds is 2. The van der Waals surface area contributed by atoms with Crippen molar-refractivity contribution in [1.82, 2.24) is 4.90 Å². The molecule has 1 saturated heterocycles. The van der Waals surface area contributed by atoms with Crippen LogP contribution in [0.15, 0.2) is 22.7 Å². The number of halogens is 1. The molecule has 1 aliphatic rings. The number of carbonyl (C=O) groups is 2. The van der Waals surface area contributed by atoms with Crippen molar-refractivity contribution in [1.29, 1.82) is 0 Å². The minimum Gasteiger partial charge on any atom is -0.480 e. The lowest BCUT2D eigenvalue weighted by Gasteiger charge is -2.22. The minimum atomic E-state index is -1.09. The SMILES string of the molecule is Cc1cccc(C(=O)N2C[C@H](O)C[C@@H]2C(=O)O)c1Br. The zero-order valence-corrected chi connectivity index (χ0v) is 11.9. The molecule has 102 valence electrons. The van der Waals surface area contributed by atoms with E-state index in [1.807, 2.05) is 13.0 Å². The molecule has 1 aromatic carbocycles. The number of amides is 1. The van der Waals surface area contributed by atoms with E-state index in [9.17, 15) is 14.7 Å². The Balaban J connectivity index is 2.33. The second kappa shape index (κ2) is 5.30. The maximum Gasteiger partial charge on any atom is 0.326 e. The van der Waals surface area contributed by atoms with Gasteiger partial charge in [-0.2, -0.15) is 0 Å². The van der Waals surface area contributed by atoms with Crippen molar-refractivity contribution in [2.24, 2.45) is 0 Å². The van der Waals surface area contributed by atoms with E-state index < -0.39 is 18.1 Å². The van der Waals surface area contributed by atoms with Crippen LogP contribution in [0.4, 0.5) is 0 Å². The van der Waals surface area contributed by atoms with Crippen LogP contribution in [0.5, 0.6) is 0 Å². The molecule has 2 N–H and O–H groups in total. The first-order valence-electron chi connectivity index (χ1n) is 5.88. The summed E-state index contributed by atoms with van der Waals surface area (Å²) in [6.45, 7) is 1.91. The number of aliphatic carboxylic acids is 1. The second-order valence-corrected chi connectivity index (χ2v) is 5.43. The third-order valence-electron chi connectivity index (χ3n) is 3.25. The van der Waals surface area contributed by atoms with Crippen LogP contribution in [0.3, 0.4) is 0 Å². The van der Waals surface area contributed by atoms with Crippen LogP contribution in [0.2, 0.25) is 0 Å². The van der Waals surface area contributed by atoms with Crippen LogP contribution in [0.25, 0.3) is 0 Å². The Morgan fingerprint density at radius 2 is 2.11 bits per heavy atom. The molecule has 0 unspecified atom stereocenters. The quantitative estimate of drug-likeness (QED) is 0.861. The molecule has 0 spiro atoms. The summed E-state index contributed by atoms with van der Waals surface area (Å²) < 4.78 is 0.658. The summed E-state index contributed by atoms with van der Waals surface area (Å²) in [5, 5.41) is 18.7. The first-order chi connectivity index (χ1) is 8.91. The van der Waals surface area contributed by atoms with Crippen molar-refractivity contribution in [3.63, 3.8) is 0 Å². The maximum atomic E-state index is 12.4. The number of carbonyl (C=O) groups excluding carboxylic acids is 1. The Kier molecular flexibility index (Phi) is 3.91. The number of aryl methyl sites for hydroxylation is 1. The number of aliphatic hydroxyl groups excluding tert-OH is 1. The first-order valence-corrected chi connectivity index (χ1v) is 6.68. The molecule has 0 saturated carbocycles. The lowest BCUT2D eigenvalue weighted by Crippen LogP contribution is -2.40. The van der Waals surface area contributed by atoms with E-state index in [-0.39, 0.29) is 18.9 Å². The van der Waals surface area contributed by atoms with E-state index in [0.29, 0.717) is 10.0 Å². The van der Waals surface area contributed by atoms with Gasteiger partial charge in [0, 0.05) is 17.4 Å². The van der Waals surface area contributed by atoms with E-state index in [0.717, 1.165) is 5.56 Å². The van der Waals surface area contributed by atoms with Crippen molar-refractivity contribution >= 4 is 27.8 Å². The van der Waals surface area contributed by atoms with Crippen molar-refractivity contribution in [2.45, 2.75) is 25.5 Å². The fourth-order valence-corrected chi connectivity index (χ4v) is 2.67. The van der Waals surface area contributed by atoms with Crippen LogP contribution in [-0.2, 0) is 4.79 Å². The van der Waals surface area contributed by atoms with Crippen LogP contribution < -0.4 is 0 Å². The molecule has 5 nitrogen and oxygen atoms in total. The third kappa shape index (κ3) is 2.64. The van der Waals surface area contributed by atoms with Crippen molar-refractivity contribution in [3.8, 4) is 0 Å². The summed E-state index contributed by atoms with van der Waals surface area (Å²) in [5.74, 6) is -1.46. The van der Waals surface area contributed by atoms with Crippen LogP contribution in [-0.4, -0.2) is 45.7 Å². The van der Waals surface area contributed by atoms with E-state index in [1.54, 1.807) is 12.1 Å². The molecule has 0 radical (unpaired) electrons. The van der Waals surface area contributed by atoms with Gasteiger partial charge in [-0.3, -0.25) is 4.79 Å². The molecular formula is C13H14BrNO4. The van der Waals surface area contributed by atoms with E-state index in [2.05, 4.69) is 15.9 Å². The Morgan fingerprint density at radius 3 is 2.74 bits per heavy atom. The zero-order valence-electron chi connectivity index (χ0n) is 10.3. The number of likely N-dealkylation sites (tertiary alicyclic amines) is 1. The maximum absolute atomic E-state index is 12.4. The largest absolute Gasteiger partial charge is 0.480 e. The number of nitrogens with zero attached hydrogens (tertiary/aromatic N) is 1. The fourth-order valence-electron chi connectivity index (χ4n) is 2.24. The Bertz CT molecular complexity index is 531. The molecule has 1 fully saturated rings. The Labute approximate surface area is 119 Å². The van der Waals surface area contributed by atoms with E-state index in [4.69, 9.17) is 5.11 Å². The Morgan fingerprint density at radius 1 is 1.42 bits per heavy atom. The highest BCUT2D eigenvalue weighted by atomic mass is 79.9. The number of carboxylic acids is 1. The number of β-amino-alcohol motifs (C(OH)–C–C–N with tert-alkyl or cyclic N) is 1. The average Bonchev–Trinajstić information content (AvgIpc) is 2.74. The van der Waals surface area contributed by atoms with Crippen molar-refractivity contribution in [3.05, 3.63) is 33.8 Å². The van der Waals surface area contributed by atoms with Crippen LogP contribution >= 0.6 is 15.9 Å². The molecule has 2 rings (SSSR count). The molecule has 6 heteroatoms. The minimum absolute atomic E-state index is 0.0518. The fraction of sp³-hybridized carbons (Fsp3) is 0.385. The number of hydrogen-bond acceptors (Lipinski definition) is 3. The predicted molar refractivity (Wildman–Crippen MR) is 72.0 cm³/mol. The van der Waals surface area contributed by atoms with Gasteiger partial charge in [0.05, 0.1) is 11.7 Å². The van der Waals surface area contributed by atoms with Crippen molar-refractivity contribution < 1.29 is 19.8 Å². The van der Waals surface area contributed by atoms with E-state index >= 15 is 0 Å². The highest BCUT2D eigenvalue weighted by Crippen LogP contribution is 2.26. The van der Waals surface area contributed by atoms with Gasteiger partial charge >= 0.3 is 5.97 Å². The summed E-state index contributed by atoms with van der Waals surface area (Å²) in [7, 11) is 0. The Hall–Kier alpha value is -1.40. The summed E-state index contributed by atoms with van der Waals surface area (Å²) in [4.78, 5) is 24.7. The lowest BCUT2D eigenvalue weighted by molar-refractivity contribution is -0.141. The van der Waals surface area contributed by atoms with Gasteiger partial charge in [0.15, 0.2) is 0 Å². The summed E-state index contributed by atoms with van der Waals surface area (Å²) in [6, 6.07) is 4.28. The third-order valence-corrected chi connectivity index (χ3v) is 4.30. The number of hydrogen-bond donors (Lipinski definition) is 2. The average molecular weight is 328 g/mol. The highest BCUT2D eigenvalue weighted by Gasteiger charge is 2.39. The van der Waals surface area contributed by atoms with E-state index in [1.165, 1.54) is 4.90 Å². The number of aliphatic hydroxyl groups is 1. The van der Waals surface area contributed by atoms with Crippen LogP contribution in [0.1, 0.15) is 22.3 Å². The van der Waals surface area contributed by atoms with Crippen molar-refractivity contribution in [2.75, 3.05) is 6.54 Å². The summed E-state index contributed by atoms with van der Waals surface area (Å²) in [6.07, 6.45) is -0.710. The van der Waals surface area contributed by atoms with Gasteiger partial charge in [-0.15, -0.1) is 0 Å². The monoisotopic (exact) mass is 327 g/mol. The zero-order chi connectivity index (χ0) is 14.2. The molecule has 2 atom stereocenters. The molecule has 0 aromatic heterocycles. The molecule has 0 aliphatic carbocycles. The van der Waals surface area contributed by atoms with Crippen LogP contribution in [0, 0.1) is 6.92 Å². The normalized spacial score (nSPS) is 22.6. The standard InChI is InChI=1S/C13H14BrNO4/c1-7-3-2-4-9(11(7)14)12(17)15-6-8(16)5-10(15)13(18)19/h2-4,8,10,16H,5-6H2,1H3,(H,18,19)/t8-,10-/m1/s1. The summed E-state index contributed by atoms with van der Waals surface area (Å²) >= 11 is 3.34. The molecule has 1 aromatic rings. The molecular weight excluding hydrogens is 314 g/mol. The van der Waals surface area contributed by atoms with Gasteiger partial charge in [0.1, 0.15) is 6.04 Å². The van der Waals surface area contributed by atoms with Gasteiger partial charge in [-0.25, -0.2) is 4.79 Å². The molecule has 1 aliphatic heterocycles. The van der Waals surface area contributed by atoms with Gasteiger partial charge in [-0.05, 0) is 34.5 Å². The molecule has 19 heavy (non-hydrogen) atoms.